The molecule has 2 aromatic carbocycles. The van der Waals surface area contributed by atoms with Crippen molar-refractivity contribution < 1.29 is 37.3 Å². The maximum Gasteiger partial charge on any atom is 0.421 e. The Kier molecular flexibility index (Phi) is 8.66. The van der Waals surface area contributed by atoms with Gasteiger partial charge in [0.25, 0.3) is 0 Å². The van der Waals surface area contributed by atoms with E-state index in [0.29, 0.717) is 24.5 Å². The van der Waals surface area contributed by atoms with Gasteiger partial charge in [0, 0.05) is 12.1 Å². The molecule has 0 radical (unpaired) electrons. The summed E-state index contributed by atoms with van der Waals surface area (Å²) < 4.78 is 51.1. The lowest BCUT2D eigenvalue weighted by Gasteiger charge is -2.36. The van der Waals surface area contributed by atoms with Gasteiger partial charge >= 0.3 is 12.1 Å². The first-order valence-corrected chi connectivity index (χ1v) is 13.0. The van der Waals surface area contributed by atoms with Gasteiger partial charge < -0.3 is 19.5 Å². The molecule has 212 valence electrons. The minimum absolute atomic E-state index is 0.121. The van der Waals surface area contributed by atoms with E-state index in [1.807, 2.05) is 6.07 Å². The van der Waals surface area contributed by atoms with Crippen LogP contribution in [0.15, 0.2) is 60.8 Å². The van der Waals surface area contributed by atoms with Crippen molar-refractivity contribution in [1.82, 2.24) is 4.98 Å². The minimum Gasteiger partial charge on any atom is -0.497 e. The smallest absolute Gasteiger partial charge is 0.421 e. The molecule has 3 aromatic rings. The number of aromatic nitrogens is 1. The maximum atomic E-state index is 14.0. The third kappa shape index (κ3) is 6.38. The molecule has 1 amide bonds. The first-order chi connectivity index (χ1) is 19.0. The fraction of sp³-hybridized carbons (Fsp3) is 0.367. The molecular weight excluding hydrogens is 525 g/mol. The quantitative estimate of drug-likeness (QED) is 0.309. The van der Waals surface area contributed by atoms with E-state index in [4.69, 9.17) is 9.47 Å². The molecule has 0 aliphatic heterocycles. The van der Waals surface area contributed by atoms with Gasteiger partial charge in [-0.05, 0) is 86.6 Å². The van der Waals surface area contributed by atoms with E-state index in [0.717, 1.165) is 42.8 Å². The molecule has 1 aliphatic carbocycles. The van der Waals surface area contributed by atoms with Crippen LogP contribution in [-0.2, 0) is 11.0 Å². The highest BCUT2D eigenvalue weighted by Crippen LogP contribution is 2.40. The second-order valence-electron chi connectivity index (χ2n) is 10.1. The zero-order valence-electron chi connectivity index (χ0n) is 22.4. The molecule has 0 bridgehead atoms. The summed E-state index contributed by atoms with van der Waals surface area (Å²) in [6.45, 7) is 3.95. The van der Waals surface area contributed by atoms with Crippen LogP contribution in [0, 0.1) is 11.8 Å². The van der Waals surface area contributed by atoms with Crippen molar-refractivity contribution >= 4 is 17.6 Å². The molecule has 0 saturated heterocycles. The Labute approximate surface area is 230 Å². The van der Waals surface area contributed by atoms with E-state index >= 15 is 0 Å². The number of alkyl halides is 3. The number of ether oxygens (including phenoxy) is 2. The zero-order chi connectivity index (χ0) is 29.0. The number of amides is 1. The van der Waals surface area contributed by atoms with Crippen LogP contribution in [0.1, 0.15) is 67.1 Å². The third-order valence-electron chi connectivity index (χ3n) is 7.32. The molecule has 1 heterocycles. The van der Waals surface area contributed by atoms with Crippen molar-refractivity contribution in [2.75, 3.05) is 12.0 Å². The monoisotopic (exact) mass is 556 g/mol. The molecule has 1 aliphatic rings. The molecule has 1 N–H and O–H groups in total. The van der Waals surface area contributed by atoms with Crippen LogP contribution in [0.3, 0.4) is 0 Å². The van der Waals surface area contributed by atoms with Gasteiger partial charge in [0.2, 0.25) is 11.8 Å². The van der Waals surface area contributed by atoms with Crippen molar-refractivity contribution in [2.45, 2.75) is 51.7 Å². The Bertz CT molecular complexity index is 1370. The lowest BCUT2D eigenvalue weighted by Crippen LogP contribution is -2.40. The molecule has 40 heavy (non-hydrogen) atoms. The predicted molar refractivity (Wildman–Crippen MR) is 143 cm³/mol. The van der Waals surface area contributed by atoms with Gasteiger partial charge in [-0.2, -0.15) is 13.2 Å². The van der Waals surface area contributed by atoms with E-state index in [9.17, 15) is 27.9 Å². The van der Waals surface area contributed by atoms with Crippen LogP contribution < -0.4 is 14.4 Å². The van der Waals surface area contributed by atoms with Crippen molar-refractivity contribution in [3.05, 3.63) is 77.5 Å². The van der Waals surface area contributed by atoms with E-state index in [1.54, 1.807) is 25.1 Å². The normalized spacial score (nSPS) is 18.1. The summed E-state index contributed by atoms with van der Waals surface area (Å²) in [5, 5.41) is 10.1. The van der Waals surface area contributed by atoms with E-state index in [1.165, 1.54) is 24.1 Å². The number of carbonyl (C=O) groups is 2. The molecule has 7 nitrogen and oxygen atoms in total. The number of halogens is 3. The average Bonchev–Trinajstić information content (AvgIpc) is 2.93. The number of aromatic carboxylic acids is 1. The SMILES string of the molecule is COc1cccc([C@@H](C)N(C(=O)C2CCC(C)CC2)c2ccc(Oc3ncccc3C(F)(F)F)cc2C(=O)O)c1. The molecule has 1 fully saturated rings. The lowest BCUT2D eigenvalue weighted by molar-refractivity contribution is -0.138. The largest absolute Gasteiger partial charge is 0.497 e. The van der Waals surface area contributed by atoms with Gasteiger partial charge in [0.1, 0.15) is 17.1 Å². The summed E-state index contributed by atoms with van der Waals surface area (Å²) >= 11 is 0. The number of anilines is 1. The van der Waals surface area contributed by atoms with Crippen LogP contribution in [-0.4, -0.2) is 29.1 Å². The van der Waals surface area contributed by atoms with Crippen LogP contribution in [0.4, 0.5) is 18.9 Å². The Hall–Kier alpha value is -4.08. The highest BCUT2D eigenvalue weighted by Gasteiger charge is 2.36. The van der Waals surface area contributed by atoms with Crippen LogP contribution in [0.5, 0.6) is 17.4 Å². The lowest BCUT2D eigenvalue weighted by atomic mass is 9.82. The standard InChI is InChI=1S/C30H31F3N2O5/c1-18-9-11-20(12-10-18)28(36)35(19(2)21-6-4-7-22(16-21)39-3)26-14-13-23(17-24(26)29(37)38)40-27-25(30(31,32)33)8-5-15-34-27/h4-8,13-20H,9-12H2,1-3H3,(H,37,38)/t18?,19-,20?/m1/s1. The van der Waals surface area contributed by atoms with Gasteiger partial charge in [0.15, 0.2) is 0 Å². The van der Waals surface area contributed by atoms with Gasteiger partial charge in [-0.3, -0.25) is 4.79 Å². The summed E-state index contributed by atoms with van der Waals surface area (Å²) in [5.41, 5.74) is -0.520. The van der Waals surface area contributed by atoms with Gasteiger partial charge in [0.05, 0.1) is 24.4 Å². The van der Waals surface area contributed by atoms with Gasteiger partial charge in [-0.15, -0.1) is 0 Å². The summed E-state index contributed by atoms with van der Waals surface area (Å²) in [6.07, 6.45) is -0.413. The Morgan fingerprint density at radius 1 is 1.02 bits per heavy atom. The first kappa shape index (κ1) is 28.9. The Morgan fingerprint density at radius 2 is 1.75 bits per heavy atom. The predicted octanol–water partition coefficient (Wildman–Crippen LogP) is 7.52. The number of rotatable bonds is 8. The summed E-state index contributed by atoms with van der Waals surface area (Å²) in [6, 6.07) is 12.4. The number of methoxy groups -OCH3 is 1. The van der Waals surface area contributed by atoms with Gasteiger partial charge in [-0.25, -0.2) is 9.78 Å². The molecule has 10 heteroatoms. The Morgan fingerprint density at radius 3 is 2.40 bits per heavy atom. The topological polar surface area (TPSA) is 89.0 Å². The fourth-order valence-corrected chi connectivity index (χ4v) is 5.03. The molecule has 0 spiro atoms. The number of hydrogen-bond donors (Lipinski definition) is 1. The number of nitrogens with zero attached hydrogens (tertiary/aromatic N) is 2. The number of carboxylic acids is 1. The number of carboxylic acid groups (broad SMARTS) is 1. The highest BCUT2D eigenvalue weighted by atomic mass is 19.4. The maximum absolute atomic E-state index is 14.0. The number of benzene rings is 2. The number of hydrogen-bond acceptors (Lipinski definition) is 5. The van der Waals surface area contributed by atoms with Crippen LogP contribution in [0.25, 0.3) is 0 Å². The fourth-order valence-electron chi connectivity index (χ4n) is 5.03. The second-order valence-corrected chi connectivity index (χ2v) is 10.1. The Balaban J connectivity index is 1.77. The summed E-state index contributed by atoms with van der Waals surface area (Å²) in [4.78, 5) is 31.6. The average molecular weight is 557 g/mol. The third-order valence-corrected chi connectivity index (χ3v) is 7.32. The summed E-state index contributed by atoms with van der Waals surface area (Å²) in [7, 11) is 1.53. The van der Waals surface area contributed by atoms with Crippen LogP contribution in [0.2, 0.25) is 0 Å². The summed E-state index contributed by atoms with van der Waals surface area (Å²) in [5.74, 6) is -1.61. The van der Waals surface area contributed by atoms with Crippen molar-refractivity contribution in [3.8, 4) is 17.4 Å². The molecule has 0 unspecified atom stereocenters. The number of pyridine rings is 1. The molecule has 4 rings (SSSR count). The molecule has 1 saturated carbocycles. The molecule has 1 aromatic heterocycles. The first-order valence-electron chi connectivity index (χ1n) is 13.0. The highest BCUT2D eigenvalue weighted by molar-refractivity contribution is 6.03. The van der Waals surface area contributed by atoms with Crippen molar-refractivity contribution in [1.29, 1.82) is 0 Å². The zero-order valence-corrected chi connectivity index (χ0v) is 22.4. The van der Waals surface area contributed by atoms with E-state index < -0.39 is 29.6 Å². The van der Waals surface area contributed by atoms with Crippen molar-refractivity contribution in [2.24, 2.45) is 11.8 Å². The molecular formula is C30H31F3N2O5. The van der Waals surface area contributed by atoms with E-state index in [-0.39, 0.29) is 28.8 Å². The minimum atomic E-state index is -4.72. The van der Waals surface area contributed by atoms with Crippen LogP contribution >= 0.6 is 0 Å². The van der Waals surface area contributed by atoms with E-state index in [2.05, 4.69) is 11.9 Å². The second kappa shape index (κ2) is 12.0. The number of carbonyl (C=O) groups excluding carboxylic acids is 1. The molecule has 1 atom stereocenters. The van der Waals surface area contributed by atoms with Gasteiger partial charge in [-0.1, -0.05) is 19.1 Å². The van der Waals surface area contributed by atoms with Crippen molar-refractivity contribution in [3.63, 3.8) is 0 Å².